The van der Waals surface area contributed by atoms with Crippen LogP contribution < -0.4 is 5.32 Å². The molecule has 0 aliphatic carbocycles. The molecule has 2 aliphatic heterocycles. The molecule has 1 spiro atoms. The largest absolute Gasteiger partial charge is 0.376 e. The van der Waals surface area contributed by atoms with Gasteiger partial charge in [-0.05, 0) is 30.5 Å². The lowest BCUT2D eigenvalue weighted by Crippen LogP contribution is -2.48. The van der Waals surface area contributed by atoms with Crippen LogP contribution in [0.1, 0.15) is 24.0 Å². The van der Waals surface area contributed by atoms with Crippen LogP contribution >= 0.6 is 0 Å². The third-order valence-corrected chi connectivity index (χ3v) is 3.70. The Labute approximate surface area is 90.6 Å². The summed E-state index contributed by atoms with van der Waals surface area (Å²) in [4.78, 5) is 0. The number of nitrogens with one attached hydrogen (secondary N) is 1. The van der Waals surface area contributed by atoms with Crippen LogP contribution in [0.2, 0.25) is 0 Å². The second-order valence-corrected chi connectivity index (χ2v) is 4.71. The van der Waals surface area contributed by atoms with Gasteiger partial charge in [0.1, 0.15) is 0 Å². The number of ether oxygens (including phenoxy) is 1. The molecular formula is C13H17NO. The van der Waals surface area contributed by atoms with Crippen LogP contribution in [0.5, 0.6) is 0 Å². The van der Waals surface area contributed by atoms with Gasteiger partial charge in [-0.2, -0.15) is 0 Å². The first-order chi connectivity index (χ1) is 7.41. The van der Waals surface area contributed by atoms with E-state index in [1.807, 2.05) is 0 Å². The van der Waals surface area contributed by atoms with E-state index in [1.54, 1.807) is 0 Å². The van der Waals surface area contributed by atoms with Gasteiger partial charge < -0.3 is 10.1 Å². The van der Waals surface area contributed by atoms with E-state index in [9.17, 15) is 0 Å². The summed E-state index contributed by atoms with van der Waals surface area (Å²) in [6.07, 6.45) is 2.52. The van der Waals surface area contributed by atoms with E-state index >= 15 is 0 Å². The molecule has 2 aliphatic rings. The summed E-state index contributed by atoms with van der Waals surface area (Å²) in [6.45, 7) is 3.91. The van der Waals surface area contributed by atoms with Crippen molar-refractivity contribution in [3.05, 3.63) is 35.4 Å². The fourth-order valence-corrected chi connectivity index (χ4v) is 2.92. The Bertz CT molecular complexity index is 355. The maximum absolute atomic E-state index is 5.75. The van der Waals surface area contributed by atoms with Gasteiger partial charge in [-0.3, -0.25) is 0 Å². The number of benzene rings is 1. The Kier molecular flexibility index (Phi) is 2.26. The van der Waals surface area contributed by atoms with Crippen molar-refractivity contribution in [2.45, 2.75) is 24.9 Å². The van der Waals surface area contributed by atoms with Gasteiger partial charge in [0.2, 0.25) is 0 Å². The standard InChI is InChI=1S/C13H17NO/c1-2-5-12-11(4-1)8-15-10-13(12)6-3-7-14-9-13/h1-2,4-5,14H,3,6-10H2. The van der Waals surface area contributed by atoms with Gasteiger partial charge in [0.15, 0.2) is 0 Å². The summed E-state index contributed by atoms with van der Waals surface area (Å²) < 4.78 is 5.75. The molecule has 3 rings (SSSR count). The highest BCUT2D eigenvalue weighted by Gasteiger charge is 2.38. The van der Waals surface area contributed by atoms with E-state index in [1.165, 1.54) is 24.0 Å². The zero-order valence-corrected chi connectivity index (χ0v) is 8.96. The lowest BCUT2D eigenvalue weighted by Gasteiger charge is -2.42. The van der Waals surface area contributed by atoms with Crippen LogP contribution in [-0.2, 0) is 16.8 Å². The zero-order valence-electron chi connectivity index (χ0n) is 8.96. The molecule has 1 aromatic carbocycles. The number of hydrogen-bond donors (Lipinski definition) is 1. The van der Waals surface area contributed by atoms with E-state index in [-0.39, 0.29) is 5.41 Å². The van der Waals surface area contributed by atoms with Gasteiger partial charge in [-0.1, -0.05) is 24.3 Å². The molecule has 1 N–H and O–H groups in total. The van der Waals surface area contributed by atoms with Gasteiger partial charge in [-0.25, -0.2) is 0 Å². The van der Waals surface area contributed by atoms with Crippen molar-refractivity contribution in [3.63, 3.8) is 0 Å². The smallest absolute Gasteiger partial charge is 0.0720 e. The summed E-state index contributed by atoms with van der Waals surface area (Å²) in [6, 6.07) is 8.74. The molecule has 15 heavy (non-hydrogen) atoms. The summed E-state index contributed by atoms with van der Waals surface area (Å²) in [5.74, 6) is 0. The summed E-state index contributed by atoms with van der Waals surface area (Å²) in [5.41, 5.74) is 3.16. The van der Waals surface area contributed by atoms with E-state index in [2.05, 4.69) is 29.6 Å². The molecule has 2 nitrogen and oxygen atoms in total. The van der Waals surface area contributed by atoms with Gasteiger partial charge in [-0.15, -0.1) is 0 Å². The summed E-state index contributed by atoms with van der Waals surface area (Å²) in [7, 11) is 0. The van der Waals surface area contributed by atoms with Crippen molar-refractivity contribution >= 4 is 0 Å². The molecule has 2 heterocycles. The minimum Gasteiger partial charge on any atom is -0.376 e. The normalized spacial score (nSPS) is 30.1. The minimum atomic E-state index is 0.257. The molecule has 0 bridgehead atoms. The van der Waals surface area contributed by atoms with Crippen LogP contribution in [0.4, 0.5) is 0 Å². The Morgan fingerprint density at radius 3 is 3.07 bits per heavy atom. The van der Waals surface area contributed by atoms with Crippen molar-refractivity contribution in [1.29, 1.82) is 0 Å². The highest BCUT2D eigenvalue weighted by molar-refractivity contribution is 5.36. The van der Waals surface area contributed by atoms with E-state index in [0.717, 1.165) is 26.3 Å². The fraction of sp³-hybridized carbons (Fsp3) is 0.538. The second kappa shape index (κ2) is 3.62. The van der Waals surface area contributed by atoms with Gasteiger partial charge in [0.05, 0.1) is 13.2 Å². The average Bonchev–Trinajstić information content (AvgIpc) is 2.31. The molecule has 2 heteroatoms. The highest BCUT2D eigenvalue weighted by Crippen LogP contribution is 2.37. The molecular weight excluding hydrogens is 186 g/mol. The quantitative estimate of drug-likeness (QED) is 0.694. The van der Waals surface area contributed by atoms with Crippen molar-refractivity contribution in [3.8, 4) is 0 Å². The van der Waals surface area contributed by atoms with Crippen LogP contribution in [0.15, 0.2) is 24.3 Å². The predicted octanol–water partition coefficient (Wildman–Crippen LogP) is 1.84. The van der Waals surface area contributed by atoms with Gasteiger partial charge in [0.25, 0.3) is 0 Å². The van der Waals surface area contributed by atoms with Crippen molar-refractivity contribution in [2.24, 2.45) is 0 Å². The predicted molar refractivity (Wildman–Crippen MR) is 59.9 cm³/mol. The maximum atomic E-state index is 5.75. The van der Waals surface area contributed by atoms with Crippen molar-refractivity contribution in [2.75, 3.05) is 19.7 Å². The molecule has 0 amide bonds. The molecule has 1 fully saturated rings. The van der Waals surface area contributed by atoms with Crippen molar-refractivity contribution < 1.29 is 4.74 Å². The molecule has 0 aromatic heterocycles. The first-order valence-corrected chi connectivity index (χ1v) is 5.78. The fourth-order valence-electron chi connectivity index (χ4n) is 2.92. The van der Waals surface area contributed by atoms with E-state index in [0.29, 0.717) is 0 Å². The molecule has 0 saturated carbocycles. The van der Waals surface area contributed by atoms with Crippen molar-refractivity contribution in [1.82, 2.24) is 5.32 Å². The number of hydrogen-bond acceptors (Lipinski definition) is 2. The zero-order chi connectivity index (χ0) is 10.1. The average molecular weight is 203 g/mol. The number of fused-ring (bicyclic) bond motifs is 2. The van der Waals surface area contributed by atoms with Gasteiger partial charge in [0, 0.05) is 12.0 Å². The molecule has 1 unspecified atom stereocenters. The monoisotopic (exact) mass is 203 g/mol. The molecule has 1 atom stereocenters. The third-order valence-electron chi connectivity index (χ3n) is 3.70. The van der Waals surface area contributed by atoms with Crippen LogP contribution in [0.25, 0.3) is 0 Å². The van der Waals surface area contributed by atoms with Gasteiger partial charge >= 0.3 is 0 Å². The Morgan fingerprint density at radius 2 is 2.20 bits per heavy atom. The Balaban J connectivity index is 2.04. The lowest BCUT2D eigenvalue weighted by atomic mass is 9.72. The van der Waals surface area contributed by atoms with Crippen LogP contribution in [-0.4, -0.2) is 19.7 Å². The summed E-state index contributed by atoms with van der Waals surface area (Å²) in [5, 5.41) is 3.51. The first-order valence-electron chi connectivity index (χ1n) is 5.78. The Morgan fingerprint density at radius 1 is 1.27 bits per heavy atom. The minimum absolute atomic E-state index is 0.257. The van der Waals surface area contributed by atoms with Crippen LogP contribution in [0.3, 0.4) is 0 Å². The molecule has 80 valence electrons. The highest BCUT2D eigenvalue weighted by atomic mass is 16.5. The number of rotatable bonds is 0. The SMILES string of the molecule is c1ccc2c(c1)COCC21CCCNC1. The summed E-state index contributed by atoms with van der Waals surface area (Å²) >= 11 is 0. The second-order valence-electron chi connectivity index (χ2n) is 4.71. The topological polar surface area (TPSA) is 21.3 Å². The van der Waals surface area contributed by atoms with E-state index < -0.39 is 0 Å². The number of piperidine rings is 1. The lowest BCUT2D eigenvalue weighted by molar-refractivity contribution is 0.0400. The molecule has 1 saturated heterocycles. The Hall–Kier alpha value is -0.860. The van der Waals surface area contributed by atoms with Crippen LogP contribution in [0, 0.1) is 0 Å². The van der Waals surface area contributed by atoms with E-state index in [4.69, 9.17) is 4.74 Å². The molecule has 0 radical (unpaired) electrons. The molecule has 1 aromatic rings. The first kappa shape index (κ1) is 9.37. The third kappa shape index (κ3) is 1.48. The maximum Gasteiger partial charge on any atom is 0.0720 e.